The SMILES string of the molecule is COc1ccc(-c2noc(-c3ccn(C4CCCNC4)n3)n2)cn1.Cl. The summed E-state index contributed by atoms with van der Waals surface area (Å²) >= 11 is 0. The smallest absolute Gasteiger partial charge is 0.278 e. The lowest BCUT2D eigenvalue weighted by molar-refractivity contribution is 0.346. The predicted molar refractivity (Wildman–Crippen MR) is 93.7 cm³/mol. The normalized spacial score (nSPS) is 17.1. The van der Waals surface area contributed by atoms with Crippen LogP contribution in [0.3, 0.4) is 0 Å². The van der Waals surface area contributed by atoms with Gasteiger partial charge in [-0.25, -0.2) is 4.98 Å². The summed E-state index contributed by atoms with van der Waals surface area (Å²) in [6.07, 6.45) is 5.90. The number of rotatable bonds is 4. The van der Waals surface area contributed by atoms with Crippen molar-refractivity contribution in [2.45, 2.75) is 18.9 Å². The van der Waals surface area contributed by atoms with Crippen LogP contribution < -0.4 is 10.1 Å². The van der Waals surface area contributed by atoms with Crippen LogP contribution >= 0.6 is 12.4 Å². The van der Waals surface area contributed by atoms with Gasteiger partial charge in [0.15, 0.2) is 5.69 Å². The number of hydrogen-bond donors (Lipinski definition) is 1. The van der Waals surface area contributed by atoms with Gasteiger partial charge in [0.2, 0.25) is 11.7 Å². The molecule has 8 nitrogen and oxygen atoms in total. The Balaban J connectivity index is 0.00000182. The lowest BCUT2D eigenvalue weighted by atomic mass is 10.1. The zero-order valence-electron chi connectivity index (χ0n) is 13.8. The minimum atomic E-state index is 0. The Hall–Kier alpha value is -2.45. The van der Waals surface area contributed by atoms with Crippen molar-refractivity contribution in [3.05, 3.63) is 30.6 Å². The molecule has 4 rings (SSSR count). The van der Waals surface area contributed by atoms with Crippen molar-refractivity contribution in [2.75, 3.05) is 20.2 Å². The molecule has 1 saturated heterocycles. The van der Waals surface area contributed by atoms with Gasteiger partial charge in [0, 0.05) is 30.6 Å². The molecule has 0 aliphatic carbocycles. The summed E-state index contributed by atoms with van der Waals surface area (Å²) in [6, 6.07) is 5.88. The number of hydrogen-bond acceptors (Lipinski definition) is 7. The number of methoxy groups -OCH3 is 1. The fraction of sp³-hybridized carbons (Fsp3) is 0.375. The molecule has 3 aromatic heterocycles. The number of ether oxygens (including phenoxy) is 1. The van der Waals surface area contributed by atoms with Crippen molar-refractivity contribution in [3.8, 4) is 28.9 Å². The highest BCUT2D eigenvalue weighted by Gasteiger charge is 2.18. The summed E-state index contributed by atoms with van der Waals surface area (Å²) in [6.45, 7) is 2.02. The van der Waals surface area contributed by atoms with Gasteiger partial charge < -0.3 is 14.6 Å². The second kappa shape index (κ2) is 7.62. The first-order valence-electron chi connectivity index (χ1n) is 7.94. The lowest BCUT2D eigenvalue weighted by Gasteiger charge is -2.22. The summed E-state index contributed by atoms with van der Waals surface area (Å²) in [5.41, 5.74) is 1.45. The fourth-order valence-electron chi connectivity index (χ4n) is 2.79. The molecule has 0 saturated carbocycles. The quantitative estimate of drug-likeness (QED) is 0.761. The molecule has 1 N–H and O–H groups in total. The maximum atomic E-state index is 5.35. The second-order valence-corrected chi connectivity index (χ2v) is 5.69. The Morgan fingerprint density at radius 1 is 1.32 bits per heavy atom. The zero-order valence-corrected chi connectivity index (χ0v) is 14.6. The van der Waals surface area contributed by atoms with Gasteiger partial charge in [0.25, 0.3) is 5.89 Å². The molecular weight excluding hydrogens is 344 g/mol. The summed E-state index contributed by atoms with van der Waals surface area (Å²) in [5.74, 6) is 1.43. The number of aromatic nitrogens is 5. The molecule has 132 valence electrons. The Morgan fingerprint density at radius 3 is 2.96 bits per heavy atom. The monoisotopic (exact) mass is 362 g/mol. The minimum absolute atomic E-state index is 0. The fourth-order valence-corrected chi connectivity index (χ4v) is 2.79. The van der Waals surface area contributed by atoms with Crippen molar-refractivity contribution in [1.82, 2.24) is 30.2 Å². The maximum Gasteiger partial charge on any atom is 0.278 e. The average molecular weight is 363 g/mol. The van der Waals surface area contributed by atoms with E-state index >= 15 is 0 Å². The molecular formula is C16H19ClN6O2. The average Bonchev–Trinajstić information content (AvgIpc) is 3.32. The molecule has 1 fully saturated rings. The van der Waals surface area contributed by atoms with Gasteiger partial charge in [-0.3, -0.25) is 4.68 Å². The predicted octanol–water partition coefficient (Wildman–Crippen LogP) is 2.35. The van der Waals surface area contributed by atoms with Crippen LogP contribution in [0.2, 0.25) is 0 Å². The zero-order chi connectivity index (χ0) is 16.4. The van der Waals surface area contributed by atoms with E-state index in [4.69, 9.17) is 9.26 Å². The number of halogens is 1. The molecule has 1 aliphatic heterocycles. The highest BCUT2D eigenvalue weighted by atomic mass is 35.5. The lowest BCUT2D eigenvalue weighted by Crippen LogP contribution is -2.31. The van der Waals surface area contributed by atoms with Gasteiger partial charge in [0.05, 0.1) is 13.2 Å². The highest BCUT2D eigenvalue weighted by Crippen LogP contribution is 2.23. The topological polar surface area (TPSA) is 90.9 Å². The van der Waals surface area contributed by atoms with Gasteiger partial charge in [-0.2, -0.15) is 10.1 Å². The number of piperidine rings is 1. The van der Waals surface area contributed by atoms with Crippen LogP contribution in [0.15, 0.2) is 35.1 Å². The molecule has 3 aromatic rings. The molecule has 0 amide bonds. The third kappa shape index (κ3) is 3.64. The van der Waals surface area contributed by atoms with E-state index in [1.54, 1.807) is 19.4 Å². The molecule has 4 heterocycles. The van der Waals surface area contributed by atoms with E-state index in [2.05, 4.69) is 25.5 Å². The first-order valence-corrected chi connectivity index (χ1v) is 7.94. The van der Waals surface area contributed by atoms with E-state index in [0.29, 0.717) is 29.3 Å². The first kappa shape index (κ1) is 17.4. The number of pyridine rings is 1. The van der Waals surface area contributed by atoms with Crippen LogP contribution in [-0.4, -0.2) is 45.1 Å². The molecule has 0 aromatic carbocycles. The molecule has 1 unspecified atom stereocenters. The van der Waals surface area contributed by atoms with E-state index in [1.165, 1.54) is 0 Å². The first-order chi connectivity index (χ1) is 11.8. The third-order valence-corrected chi connectivity index (χ3v) is 4.10. The van der Waals surface area contributed by atoms with Gasteiger partial charge in [0.1, 0.15) is 0 Å². The summed E-state index contributed by atoms with van der Waals surface area (Å²) in [5, 5.41) is 12.0. The van der Waals surface area contributed by atoms with Crippen molar-refractivity contribution >= 4 is 12.4 Å². The van der Waals surface area contributed by atoms with Crippen molar-refractivity contribution in [3.63, 3.8) is 0 Å². The van der Waals surface area contributed by atoms with Gasteiger partial charge >= 0.3 is 0 Å². The van der Waals surface area contributed by atoms with Crippen LogP contribution in [-0.2, 0) is 0 Å². The highest BCUT2D eigenvalue weighted by molar-refractivity contribution is 5.85. The Labute approximate surface area is 151 Å². The van der Waals surface area contributed by atoms with Crippen molar-refractivity contribution < 1.29 is 9.26 Å². The molecule has 9 heteroatoms. The number of nitrogens with one attached hydrogen (secondary N) is 1. The van der Waals surface area contributed by atoms with Crippen LogP contribution in [0.5, 0.6) is 5.88 Å². The van der Waals surface area contributed by atoms with E-state index in [-0.39, 0.29) is 12.4 Å². The maximum absolute atomic E-state index is 5.35. The molecule has 0 radical (unpaired) electrons. The van der Waals surface area contributed by atoms with E-state index in [0.717, 1.165) is 31.5 Å². The van der Waals surface area contributed by atoms with Gasteiger partial charge in [-0.05, 0) is 31.5 Å². The van der Waals surface area contributed by atoms with Crippen LogP contribution in [0.4, 0.5) is 0 Å². The van der Waals surface area contributed by atoms with Gasteiger partial charge in [-0.15, -0.1) is 12.4 Å². The molecule has 1 atom stereocenters. The van der Waals surface area contributed by atoms with E-state index < -0.39 is 0 Å². The van der Waals surface area contributed by atoms with Gasteiger partial charge in [-0.1, -0.05) is 5.16 Å². The molecule has 0 bridgehead atoms. The molecule has 25 heavy (non-hydrogen) atoms. The van der Waals surface area contributed by atoms with E-state index in [1.807, 2.05) is 23.0 Å². The second-order valence-electron chi connectivity index (χ2n) is 5.69. The molecule has 1 aliphatic rings. The Bertz CT molecular complexity index is 810. The van der Waals surface area contributed by atoms with Crippen LogP contribution in [0.1, 0.15) is 18.9 Å². The van der Waals surface area contributed by atoms with Crippen LogP contribution in [0, 0.1) is 0 Å². The summed E-state index contributed by atoms with van der Waals surface area (Å²) in [4.78, 5) is 8.56. The van der Waals surface area contributed by atoms with Crippen molar-refractivity contribution in [2.24, 2.45) is 0 Å². The third-order valence-electron chi connectivity index (χ3n) is 4.10. The Morgan fingerprint density at radius 2 is 2.24 bits per heavy atom. The van der Waals surface area contributed by atoms with E-state index in [9.17, 15) is 0 Å². The largest absolute Gasteiger partial charge is 0.481 e. The van der Waals surface area contributed by atoms with Crippen LogP contribution in [0.25, 0.3) is 23.0 Å². The number of nitrogens with zero attached hydrogens (tertiary/aromatic N) is 5. The Kier molecular flexibility index (Phi) is 5.30. The summed E-state index contributed by atoms with van der Waals surface area (Å²) in [7, 11) is 1.58. The minimum Gasteiger partial charge on any atom is -0.481 e. The standard InChI is InChI=1S/C16H18N6O2.ClH/c1-23-14-5-4-11(9-18-14)15-19-16(24-21-15)13-6-8-22(20-13)12-3-2-7-17-10-12;/h4-6,8-9,12,17H,2-3,7,10H2,1H3;1H. The molecule has 0 spiro atoms. The van der Waals surface area contributed by atoms with Crippen molar-refractivity contribution in [1.29, 1.82) is 0 Å². The summed E-state index contributed by atoms with van der Waals surface area (Å²) < 4.78 is 12.4.